The molecule has 0 atom stereocenters. The number of likely N-dealkylation sites (N-methyl/N-ethyl adjacent to an activating group) is 2. The first-order valence-corrected chi connectivity index (χ1v) is 6.32. The average molecular weight is 242 g/mol. The maximum Gasteiger partial charge on any atom is 0.242 e. The number of carbonyl (C=O) groups excluding carboxylic acids is 1. The summed E-state index contributed by atoms with van der Waals surface area (Å²) in [7, 11) is 1.76. The zero-order chi connectivity index (χ0) is 12.6. The van der Waals surface area contributed by atoms with E-state index in [2.05, 4.69) is 4.99 Å². The van der Waals surface area contributed by atoms with Gasteiger partial charge in [-0.3, -0.25) is 4.79 Å². The van der Waals surface area contributed by atoms with Gasteiger partial charge in [0.25, 0.3) is 0 Å². The molecule has 0 fully saturated rings. The van der Waals surface area contributed by atoms with Crippen molar-refractivity contribution in [1.82, 2.24) is 9.80 Å². The molecule has 0 aromatic carbocycles. The highest BCUT2D eigenvalue weighted by atomic mass is 32.2. The van der Waals surface area contributed by atoms with E-state index in [0.29, 0.717) is 18.3 Å². The van der Waals surface area contributed by atoms with Crippen LogP contribution < -0.4 is 0 Å². The van der Waals surface area contributed by atoms with Crippen LogP contribution in [0, 0.1) is 11.5 Å². The smallest absolute Gasteiger partial charge is 0.242 e. The molecule has 0 rings (SSSR count). The monoisotopic (exact) mass is 242 g/mol. The van der Waals surface area contributed by atoms with Crippen molar-refractivity contribution in [2.75, 3.05) is 32.9 Å². The molecule has 1 amide bonds. The first-order valence-electron chi connectivity index (χ1n) is 5.10. The van der Waals surface area contributed by atoms with E-state index in [1.807, 2.05) is 20.1 Å². The fourth-order valence-electron chi connectivity index (χ4n) is 1.28. The molecule has 0 saturated heterocycles. The molecule has 0 aliphatic carbocycles. The molecule has 0 aliphatic rings. The summed E-state index contributed by atoms with van der Waals surface area (Å²) in [6, 6.07) is 0. The lowest BCUT2D eigenvalue weighted by molar-refractivity contribution is -0.130. The summed E-state index contributed by atoms with van der Waals surface area (Å²) >= 11 is 1.35. The van der Waals surface area contributed by atoms with E-state index >= 15 is 0 Å². The Balaban J connectivity index is 4.44. The fourth-order valence-corrected chi connectivity index (χ4v) is 1.78. The number of nitriles is 1. The summed E-state index contributed by atoms with van der Waals surface area (Å²) < 4.78 is 0. The van der Waals surface area contributed by atoms with Gasteiger partial charge in [0, 0.05) is 20.1 Å². The molecule has 0 radical (unpaired) electrons. The van der Waals surface area contributed by atoms with Gasteiger partial charge in [0.1, 0.15) is 0 Å². The minimum atomic E-state index is 0.0483. The van der Waals surface area contributed by atoms with Crippen LogP contribution in [0.2, 0.25) is 0 Å². The van der Waals surface area contributed by atoms with Crippen molar-refractivity contribution in [3.63, 3.8) is 0 Å². The SMILES string of the molecule is CCN(CC)C(=O)CN(C)C(=NC#N)SC. The Bertz CT molecular complexity index is 294. The zero-order valence-electron chi connectivity index (χ0n) is 10.2. The highest BCUT2D eigenvalue weighted by molar-refractivity contribution is 8.13. The van der Waals surface area contributed by atoms with Gasteiger partial charge in [0.15, 0.2) is 5.17 Å². The van der Waals surface area contributed by atoms with Crippen LogP contribution in [-0.4, -0.2) is 53.8 Å². The number of amidine groups is 1. The third-order valence-corrected chi connectivity index (χ3v) is 2.91. The van der Waals surface area contributed by atoms with Gasteiger partial charge in [0.2, 0.25) is 12.1 Å². The van der Waals surface area contributed by atoms with Crippen LogP contribution in [0.15, 0.2) is 4.99 Å². The Morgan fingerprint density at radius 1 is 1.44 bits per heavy atom. The molecule has 0 unspecified atom stereocenters. The van der Waals surface area contributed by atoms with Crippen molar-refractivity contribution >= 4 is 22.8 Å². The van der Waals surface area contributed by atoms with Gasteiger partial charge < -0.3 is 9.80 Å². The van der Waals surface area contributed by atoms with Crippen molar-refractivity contribution in [1.29, 1.82) is 5.26 Å². The predicted molar refractivity (Wildman–Crippen MR) is 67.1 cm³/mol. The topological polar surface area (TPSA) is 59.7 Å². The van der Waals surface area contributed by atoms with Gasteiger partial charge in [-0.2, -0.15) is 5.26 Å². The molecule has 0 bridgehead atoms. The van der Waals surface area contributed by atoms with Gasteiger partial charge in [0.05, 0.1) is 6.54 Å². The van der Waals surface area contributed by atoms with E-state index in [1.165, 1.54) is 11.8 Å². The summed E-state index contributed by atoms with van der Waals surface area (Å²) in [5, 5.41) is 9.04. The second kappa shape index (κ2) is 7.99. The van der Waals surface area contributed by atoms with Crippen molar-refractivity contribution in [3.05, 3.63) is 0 Å². The summed E-state index contributed by atoms with van der Waals surface area (Å²) in [6.07, 6.45) is 3.56. The van der Waals surface area contributed by atoms with Crippen LogP contribution in [0.5, 0.6) is 0 Å². The Morgan fingerprint density at radius 2 is 2.00 bits per heavy atom. The van der Waals surface area contributed by atoms with E-state index in [1.54, 1.807) is 23.0 Å². The lowest BCUT2D eigenvalue weighted by atomic mass is 10.4. The highest BCUT2D eigenvalue weighted by Gasteiger charge is 2.14. The van der Waals surface area contributed by atoms with Crippen LogP contribution in [-0.2, 0) is 4.79 Å². The number of nitrogens with zero attached hydrogens (tertiary/aromatic N) is 4. The highest BCUT2D eigenvalue weighted by Crippen LogP contribution is 2.03. The number of hydrogen-bond acceptors (Lipinski definition) is 4. The van der Waals surface area contributed by atoms with Gasteiger partial charge in [-0.1, -0.05) is 11.8 Å². The van der Waals surface area contributed by atoms with E-state index in [9.17, 15) is 4.79 Å². The van der Waals surface area contributed by atoms with Gasteiger partial charge in [-0.25, -0.2) is 0 Å². The molecule has 90 valence electrons. The van der Waals surface area contributed by atoms with Crippen molar-refractivity contribution in [3.8, 4) is 6.19 Å². The molecule has 0 heterocycles. The lowest BCUT2D eigenvalue weighted by Gasteiger charge is -2.23. The van der Waals surface area contributed by atoms with E-state index in [-0.39, 0.29) is 12.5 Å². The molecule has 0 spiro atoms. The Labute approximate surface area is 101 Å². The minimum Gasteiger partial charge on any atom is -0.344 e. The molecule has 16 heavy (non-hydrogen) atoms. The predicted octanol–water partition coefficient (Wildman–Crippen LogP) is 0.987. The number of rotatable bonds is 4. The minimum absolute atomic E-state index is 0.0483. The maximum absolute atomic E-state index is 11.8. The third kappa shape index (κ3) is 4.53. The number of hydrogen-bond donors (Lipinski definition) is 0. The quantitative estimate of drug-likeness (QED) is 0.419. The normalized spacial score (nSPS) is 10.8. The Morgan fingerprint density at radius 3 is 2.38 bits per heavy atom. The van der Waals surface area contributed by atoms with Crippen LogP contribution in [0.4, 0.5) is 0 Å². The molecule has 6 heteroatoms. The number of aliphatic imine (C=N–C) groups is 1. The van der Waals surface area contributed by atoms with Gasteiger partial charge in [-0.15, -0.1) is 4.99 Å². The Kier molecular flexibility index (Phi) is 7.38. The summed E-state index contributed by atoms with van der Waals surface area (Å²) in [4.78, 5) is 18.9. The molecule has 0 saturated carbocycles. The average Bonchev–Trinajstić information content (AvgIpc) is 2.27. The van der Waals surface area contributed by atoms with Crippen molar-refractivity contribution in [2.45, 2.75) is 13.8 Å². The lowest BCUT2D eigenvalue weighted by Crippen LogP contribution is -2.40. The first kappa shape index (κ1) is 14.8. The van der Waals surface area contributed by atoms with Gasteiger partial charge >= 0.3 is 0 Å². The second-order valence-corrected chi connectivity index (χ2v) is 3.89. The molecule has 0 aromatic rings. The number of thioether (sulfide) groups is 1. The molecule has 0 aromatic heterocycles. The van der Waals surface area contributed by atoms with Crippen LogP contribution in [0.25, 0.3) is 0 Å². The molecular formula is C10H18N4OS. The van der Waals surface area contributed by atoms with Crippen molar-refractivity contribution < 1.29 is 4.79 Å². The standard InChI is InChI=1S/C10H18N4OS/c1-5-14(6-2)9(15)7-13(3)10(16-4)12-8-11/h5-7H2,1-4H3. The number of amides is 1. The van der Waals surface area contributed by atoms with E-state index in [0.717, 1.165) is 0 Å². The first-order chi connectivity index (χ1) is 7.60. The molecular weight excluding hydrogens is 224 g/mol. The van der Waals surface area contributed by atoms with E-state index in [4.69, 9.17) is 5.26 Å². The van der Waals surface area contributed by atoms with Gasteiger partial charge in [-0.05, 0) is 20.1 Å². The molecule has 0 N–H and O–H groups in total. The van der Waals surface area contributed by atoms with Crippen LogP contribution in [0.3, 0.4) is 0 Å². The summed E-state index contributed by atoms with van der Waals surface area (Å²) in [6.45, 7) is 5.55. The Hall–Kier alpha value is -1.22. The van der Waals surface area contributed by atoms with E-state index < -0.39 is 0 Å². The second-order valence-electron chi connectivity index (χ2n) is 3.12. The summed E-state index contributed by atoms with van der Waals surface area (Å²) in [5.74, 6) is 0.0483. The molecule has 0 aliphatic heterocycles. The fraction of sp³-hybridized carbons (Fsp3) is 0.700. The molecule has 5 nitrogen and oxygen atoms in total. The zero-order valence-corrected chi connectivity index (χ0v) is 11.0. The summed E-state index contributed by atoms with van der Waals surface area (Å²) in [5.41, 5.74) is 0. The number of carbonyl (C=O) groups is 1. The third-order valence-electron chi connectivity index (χ3n) is 2.14. The largest absolute Gasteiger partial charge is 0.344 e. The van der Waals surface area contributed by atoms with Crippen LogP contribution in [0.1, 0.15) is 13.8 Å². The van der Waals surface area contributed by atoms with Crippen LogP contribution >= 0.6 is 11.8 Å². The maximum atomic E-state index is 11.8. The van der Waals surface area contributed by atoms with Crippen molar-refractivity contribution in [2.24, 2.45) is 4.99 Å².